The Morgan fingerprint density at radius 1 is 0.826 bits per heavy atom. The molecule has 0 aliphatic heterocycles. The highest BCUT2D eigenvalue weighted by molar-refractivity contribution is 7.99. The molecule has 0 saturated carbocycles. The summed E-state index contributed by atoms with van der Waals surface area (Å²) >= 11 is 4.15. The highest BCUT2D eigenvalue weighted by Gasteiger charge is 2.19. The van der Waals surface area contributed by atoms with E-state index in [2.05, 4.69) is 81.4 Å². The Kier molecular flexibility index (Phi) is 14.2. The van der Waals surface area contributed by atoms with E-state index in [1.54, 1.807) is 0 Å². The van der Waals surface area contributed by atoms with Crippen LogP contribution in [0.3, 0.4) is 0 Å². The first-order chi connectivity index (χ1) is 10.8. The van der Waals surface area contributed by atoms with Crippen LogP contribution in [-0.2, 0) is 0 Å². The van der Waals surface area contributed by atoms with E-state index in [1.165, 1.54) is 50.3 Å². The summed E-state index contributed by atoms with van der Waals surface area (Å²) in [7, 11) is 0. The molecule has 0 aliphatic rings. The van der Waals surface area contributed by atoms with Gasteiger partial charge in [0.15, 0.2) is 0 Å². The summed E-state index contributed by atoms with van der Waals surface area (Å²) in [5, 5.41) is 0.791. The van der Waals surface area contributed by atoms with E-state index in [9.17, 15) is 0 Å². The van der Waals surface area contributed by atoms with E-state index >= 15 is 0 Å². The maximum Gasteiger partial charge on any atom is 0.0217 e. The third-order valence-electron chi connectivity index (χ3n) is 4.07. The second-order valence-corrected chi connectivity index (χ2v) is 10.3. The number of rotatable bonds is 14. The Morgan fingerprint density at radius 3 is 1.91 bits per heavy atom. The normalized spacial score (nSPS) is 12.8. The van der Waals surface area contributed by atoms with Crippen LogP contribution in [0.4, 0.5) is 0 Å². The molecule has 0 aromatic rings. The molecule has 0 heterocycles. The fourth-order valence-electron chi connectivity index (χ4n) is 2.58. The zero-order valence-corrected chi connectivity index (χ0v) is 18.5. The average Bonchev–Trinajstić information content (AvgIpc) is 2.46. The van der Waals surface area contributed by atoms with Gasteiger partial charge in [-0.2, -0.15) is 11.8 Å². The number of unbranched alkanes of at least 4 members (excludes halogenated alkanes) is 3. The van der Waals surface area contributed by atoms with Gasteiger partial charge in [-0.1, -0.05) is 52.5 Å². The van der Waals surface area contributed by atoms with Crippen LogP contribution in [-0.4, -0.2) is 57.7 Å². The van der Waals surface area contributed by atoms with Gasteiger partial charge in [0.05, 0.1) is 0 Å². The molecule has 4 heteroatoms. The molecule has 0 saturated heterocycles. The van der Waals surface area contributed by atoms with Crippen molar-refractivity contribution in [2.24, 2.45) is 0 Å². The van der Waals surface area contributed by atoms with Crippen LogP contribution in [0.15, 0.2) is 0 Å². The lowest BCUT2D eigenvalue weighted by molar-refractivity contribution is 0.138. The van der Waals surface area contributed by atoms with Gasteiger partial charge in [0, 0.05) is 30.9 Å². The fourth-order valence-corrected chi connectivity index (χ4v) is 4.41. The van der Waals surface area contributed by atoms with Crippen molar-refractivity contribution in [3.63, 3.8) is 0 Å². The number of thioether (sulfide) groups is 1. The summed E-state index contributed by atoms with van der Waals surface area (Å²) in [5.74, 6) is 2.62. The fraction of sp³-hybridized carbons (Fsp3) is 1.00. The first-order valence-corrected chi connectivity index (χ1v) is 11.5. The van der Waals surface area contributed by atoms with Gasteiger partial charge in [-0.05, 0) is 51.2 Å². The minimum absolute atomic E-state index is 0.285. The maximum atomic E-state index is 2.57. The molecular weight excluding hydrogens is 320 g/mol. The van der Waals surface area contributed by atoms with Crippen LogP contribution in [0, 0.1) is 0 Å². The van der Waals surface area contributed by atoms with Crippen molar-refractivity contribution in [1.29, 1.82) is 0 Å². The van der Waals surface area contributed by atoms with Gasteiger partial charge in [-0.15, -0.1) is 0 Å². The molecule has 0 bridgehead atoms. The quantitative estimate of drug-likeness (QED) is 0.285. The van der Waals surface area contributed by atoms with E-state index in [4.69, 9.17) is 0 Å². The topological polar surface area (TPSA) is 6.48 Å². The predicted molar refractivity (Wildman–Crippen MR) is 113 cm³/mol. The maximum absolute atomic E-state index is 2.57. The molecule has 0 aromatic heterocycles. The van der Waals surface area contributed by atoms with Crippen LogP contribution in [0.5, 0.6) is 0 Å². The summed E-state index contributed by atoms with van der Waals surface area (Å²) in [6.07, 6.45) is 5.55. The summed E-state index contributed by atoms with van der Waals surface area (Å²) in [6.45, 7) is 20.7. The third kappa shape index (κ3) is 13.6. The van der Waals surface area contributed by atoms with Crippen LogP contribution < -0.4 is 0 Å². The van der Waals surface area contributed by atoms with E-state index in [0.29, 0.717) is 0 Å². The number of hydrogen-bond acceptors (Lipinski definition) is 4. The summed E-state index contributed by atoms with van der Waals surface area (Å²) in [6, 6.07) is 0. The average molecular weight is 363 g/mol. The first kappa shape index (κ1) is 23.6. The smallest absolute Gasteiger partial charge is 0.0217 e. The van der Waals surface area contributed by atoms with Crippen LogP contribution in [0.25, 0.3) is 0 Å². The molecule has 140 valence electrons. The van der Waals surface area contributed by atoms with Gasteiger partial charge >= 0.3 is 0 Å². The molecule has 0 radical (unpaired) electrons. The highest BCUT2D eigenvalue weighted by Crippen LogP contribution is 2.17. The largest absolute Gasteiger partial charge is 0.297 e. The zero-order chi connectivity index (χ0) is 17.7. The molecule has 0 atom stereocenters. The molecule has 2 nitrogen and oxygen atoms in total. The number of likely N-dealkylation sites (N-methyl/N-ethyl adjacent to an activating group) is 2. The van der Waals surface area contributed by atoms with E-state index in [1.807, 2.05) is 0 Å². The lowest BCUT2D eigenvalue weighted by Crippen LogP contribution is -2.44. The molecule has 0 amide bonds. The monoisotopic (exact) mass is 362 g/mol. The third-order valence-corrected chi connectivity index (χ3v) is 6.53. The van der Waals surface area contributed by atoms with Crippen LogP contribution in [0.2, 0.25) is 0 Å². The SMILES string of the molecule is CCN(CCN(CC)C(C)(C)C)SCCCCCCSC(C)C. The van der Waals surface area contributed by atoms with Gasteiger partial charge < -0.3 is 0 Å². The Morgan fingerprint density at radius 2 is 1.43 bits per heavy atom. The molecule has 0 spiro atoms. The van der Waals surface area contributed by atoms with Gasteiger partial charge in [-0.25, -0.2) is 4.31 Å². The molecule has 23 heavy (non-hydrogen) atoms. The molecule has 0 fully saturated rings. The minimum atomic E-state index is 0.285. The van der Waals surface area contributed by atoms with Gasteiger partial charge in [0.2, 0.25) is 0 Å². The second-order valence-electron chi connectivity index (χ2n) is 7.44. The first-order valence-electron chi connectivity index (χ1n) is 9.55. The second kappa shape index (κ2) is 13.9. The van der Waals surface area contributed by atoms with Crippen molar-refractivity contribution >= 4 is 23.7 Å². The van der Waals surface area contributed by atoms with E-state index in [0.717, 1.165) is 18.3 Å². The lowest BCUT2D eigenvalue weighted by atomic mass is 10.1. The molecule has 0 aliphatic carbocycles. The van der Waals surface area contributed by atoms with Gasteiger partial charge in [-0.3, -0.25) is 4.90 Å². The summed E-state index contributed by atoms with van der Waals surface area (Å²) < 4.78 is 2.54. The van der Waals surface area contributed by atoms with Gasteiger partial charge in [0.1, 0.15) is 0 Å². The molecule has 0 aromatic carbocycles. The molecule has 0 N–H and O–H groups in total. The van der Waals surface area contributed by atoms with Crippen LogP contribution in [0.1, 0.15) is 74.1 Å². The highest BCUT2D eigenvalue weighted by atomic mass is 32.2. The Bertz CT molecular complexity index is 265. The number of nitrogens with zero attached hydrogens (tertiary/aromatic N) is 2. The Hall–Kier alpha value is 0.620. The number of hydrogen-bond donors (Lipinski definition) is 0. The van der Waals surface area contributed by atoms with Crippen molar-refractivity contribution < 1.29 is 0 Å². The van der Waals surface area contributed by atoms with Crippen molar-refractivity contribution in [2.45, 2.75) is 84.9 Å². The summed E-state index contributed by atoms with van der Waals surface area (Å²) in [4.78, 5) is 2.57. The molecule has 0 unspecified atom stereocenters. The Balaban J connectivity index is 3.70. The lowest BCUT2D eigenvalue weighted by Gasteiger charge is -2.36. The van der Waals surface area contributed by atoms with E-state index < -0.39 is 0 Å². The predicted octanol–water partition coefficient (Wildman–Crippen LogP) is 5.78. The van der Waals surface area contributed by atoms with Crippen LogP contribution >= 0.6 is 23.7 Å². The van der Waals surface area contributed by atoms with Crippen molar-refractivity contribution in [3.05, 3.63) is 0 Å². The molecule has 0 rings (SSSR count). The van der Waals surface area contributed by atoms with Crippen molar-refractivity contribution in [2.75, 3.05) is 37.7 Å². The Labute approximate surface area is 155 Å². The zero-order valence-electron chi connectivity index (χ0n) is 16.9. The molecular formula is C19H42N2S2. The van der Waals surface area contributed by atoms with Crippen molar-refractivity contribution in [1.82, 2.24) is 9.21 Å². The standard InChI is InChI=1S/C19H42N2S2/c1-8-20(19(5,6)7)14-15-21(9-2)23-17-13-11-10-12-16-22-18(3)4/h18H,8-17H2,1-7H3. The summed E-state index contributed by atoms with van der Waals surface area (Å²) in [5.41, 5.74) is 0.285. The van der Waals surface area contributed by atoms with Crippen molar-refractivity contribution in [3.8, 4) is 0 Å². The van der Waals surface area contributed by atoms with Gasteiger partial charge in [0.25, 0.3) is 0 Å². The minimum Gasteiger partial charge on any atom is -0.297 e. The van der Waals surface area contributed by atoms with E-state index in [-0.39, 0.29) is 5.54 Å².